The van der Waals surface area contributed by atoms with Crippen molar-refractivity contribution in [3.63, 3.8) is 0 Å². The summed E-state index contributed by atoms with van der Waals surface area (Å²) in [6.45, 7) is 12.0. The summed E-state index contributed by atoms with van der Waals surface area (Å²) < 4.78 is 34.3. The van der Waals surface area contributed by atoms with Crippen LogP contribution in [-0.2, 0) is 19.2 Å². The van der Waals surface area contributed by atoms with Crippen molar-refractivity contribution in [3.8, 4) is 0 Å². The van der Waals surface area contributed by atoms with E-state index >= 15 is 0 Å². The summed E-state index contributed by atoms with van der Waals surface area (Å²) in [5.74, 6) is 0. The Balaban J connectivity index is 3.05. The predicted molar refractivity (Wildman–Crippen MR) is 70.7 cm³/mol. The molecular formula is C12H19NO5S. The highest BCUT2D eigenvalue weighted by atomic mass is 32.2. The van der Waals surface area contributed by atoms with Crippen LogP contribution < -0.4 is 0 Å². The highest BCUT2D eigenvalue weighted by molar-refractivity contribution is 7.85. The fourth-order valence-corrected chi connectivity index (χ4v) is 3.01. The van der Waals surface area contributed by atoms with E-state index in [9.17, 15) is 13.2 Å². The first-order chi connectivity index (χ1) is 8.62. The largest absolute Gasteiger partial charge is 0.443 e. The van der Waals surface area contributed by atoms with Gasteiger partial charge in [-0.3, -0.25) is 0 Å². The van der Waals surface area contributed by atoms with Crippen LogP contribution in [0, 0.1) is 0 Å². The van der Waals surface area contributed by atoms with Crippen molar-refractivity contribution in [1.82, 2.24) is 4.31 Å². The molecule has 0 saturated carbocycles. The van der Waals surface area contributed by atoms with Gasteiger partial charge in [0, 0.05) is 0 Å². The summed E-state index contributed by atoms with van der Waals surface area (Å²) in [5, 5.41) is 0. The molecule has 1 amide bonds. The second-order valence-electron chi connectivity index (χ2n) is 5.12. The van der Waals surface area contributed by atoms with Crippen molar-refractivity contribution < 1.29 is 22.1 Å². The van der Waals surface area contributed by atoms with Crippen molar-refractivity contribution in [2.45, 2.75) is 44.9 Å². The van der Waals surface area contributed by atoms with Gasteiger partial charge in [-0.1, -0.05) is 12.2 Å². The predicted octanol–water partition coefficient (Wildman–Crippen LogP) is 2.00. The SMILES string of the molecule is C=CC[C@H]1OS(=O)(=O)N(C(=O)OC(C)(C)C)[C@H]1C=C. The highest BCUT2D eigenvalue weighted by Gasteiger charge is 2.48. The molecule has 0 radical (unpaired) electrons. The van der Waals surface area contributed by atoms with E-state index in [1.165, 1.54) is 12.2 Å². The van der Waals surface area contributed by atoms with Gasteiger partial charge in [0.2, 0.25) is 0 Å². The fraction of sp³-hybridized carbons (Fsp3) is 0.583. The second kappa shape index (κ2) is 5.34. The standard InChI is InChI=1S/C12H19NO5S/c1-6-8-10-9(7-2)13(19(15,16)18-10)11(14)17-12(3,4)5/h6-7,9-10H,1-2,8H2,3-5H3/t9-,10+/m0/s1. The Kier molecular flexibility index (Phi) is 4.42. The smallest absolute Gasteiger partial charge is 0.426 e. The van der Waals surface area contributed by atoms with Gasteiger partial charge in [0.1, 0.15) is 11.7 Å². The number of carbonyl (C=O) groups is 1. The quantitative estimate of drug-likeness (QED) is 0.743. The molecule has 1 heterocycles. The van der Waals surface area contributed by atoms with Crippen molar-refractivity contribution in [2.24, 2.45) is 0 Å². The molecular weight excluding hydrogens is 270 g/mol. The summed E-state index contributed by atoms with van der Waals surface area (Å²) >= 11 is 0. The minimum Gasteiger partial charge on any atom is -0.443 e. The van der Waals surface area contributed by atoms with Crippen molar-refractivity contribution in [1.29, 1.82) is 0 Å². The fourth-order valence-electron chi connectivity index (χ4n) is 1.67. The van der Waals surface area contributed by atoms with Crippen LogP contribution in [0.4, 0.5) is 4.79 Å². The zero-order valence-corrected chi connectivity index (χ0v) is 12.1. The van der Waals surface area contributed by atoms with E-state index in [0.717, 1.165) is 0 Å². The average molecular weight is 289 g/mol. The molecule has 0 aromatic carbocycles. The maximum atomic E-state index is 12.0. The van der Waals surface area contributed by atoms with Gasteiger partial charge in [-0.05, 0) is 27.2 Å². The Bertz CT molecular complexity index is 477. The van der Waals surface area contributed by atoms with Crippen LogP contribution in [0.5, 0.6) is 0 Å². The number of carbonyl (C=O) groups excluding carboxylic acids is 1. The molecule has 0 spiro atoms. The van der Waals surface area contributed by atoms with Crippen LogP contribution in [0.1, 0.15) is 27.2 Å². The average Bonchev–Trinajstić information content (AvgIpc) is 2.46. The molecule has 1 aliphatic rings. The van der Waals surface area contributed by atoms with Gasteiger partial charge < -0.3 is 4.74 Å². The van der Waals surface area contributed by atoms with E-state index in [4.69, 9.17) is 8.92 Å². The summed E-state index contributed by atoms with van der Waals surface area (Å²) in [6, 6.07) is -0.794. The number of hydrogen-bond donors (Lipinski definition) is 0. The monoisotopic (exact) mass is 289 g/mol. The van der Waals surface area contributed by atoms with E-state index in [2.05, 4.69) is 13.2 Å². The maximum Gasteiger partial charge on any atom is 0.426 e. The summed E-state index contributed by atoms with van der Waals surface area (Å²) in [4.78, 5) is 12.0. The lowest BCUT2D eigenvalue weighted by molar-refractivity contribution is 0.0363. The molecule has 2 atom stereocenters. The first-order valence-corrected chi connectivity index (χ1v) is 7.18. The van der Waals surface area contributed by atoms with Gasteiger partial charge in [-0.15, -0.1) is 13.2 Å². The van der Waals surface area contributed by atoms with E-state index in [0.29, 0.717) is 4.31 Å². The van der Waals surface area contributed by atoms with Gasteiger partial charge in [0.25, 0.3) is 0 Å². The van der Waals surface area contributed by atoms with Crippen molar-refractivity contribution in [2.75, 3.05) is 0 Å². The Labute approximate surface area is 113 Å². The van der Waals surface area contributed by atoms with Crippen molar-refractivity contribution >= 4 is 16.4 Å². The van der Waals surface area contributed by atoms with Gasteiger partial charge in [0.15, 0.2) is 0 Å². The molecule has 7 heteroatoms. The molecule has 1 aliphatic heterocycles. The minimum absolute atomic E-state index is 0.287. The van der Waals surface area contributed by atoms with Gasteiger partial charge >= 0.3 is 16.4 Å². The Morgan fingerprint density at radius 2 is 2.00 bits per heavy atom. The lowest BCUT2D eigenvalue weighted by atomic mass is 10.1. The molecule has 0 bridgehead atoms. The van der Waals surface area contributed by atoms with E-state index in [-0.39, 0.29) is 6.42 Å². The molecule has 1 saturated heterocycles. The van der Waals surface area contributed by atoms with E-state index in [1.54, 1.807) is 20.8 Å². The van der Waals surface area contributed by atoms with Crippen molar-refractivity contribution in [3.05, 3.63) is 25.3 Å². The van der Waals surface area contributed by atoms with Crippen LogP contribution in [0.25, 0.3) is 0 Å². The molecule has 19 heavy (non-hydrogen) atoms. The number of amides is 1. The van der Waals surface area contributed by atoms with Gasteiger partial charge in [-0.25, -0.2) is 8.98 Å². The minimum atomic E-state index is -4.15. The molecule has 0 aromatic heterocycles. The Morgan fingerprint density at radius 1 is 1.42 bits per heavy atom. The number of hydrogen-bond acceptors (Lipinski definition) is 5. The third-order valence-electron chi connectivity index (χ3n) is 2.35. The highest BCUT2D eigenvalue weighted by Crippen LogP contribution is 2.29. The summed E-state index contributed by atoms with van der Waals surface area (Å²) in [7, 11) is -4.15. The molecule has 0 N–H and O–H groups in total. The Morgan fingerprint density at radius 3 is 2.42 bits per heavy atom. The molecule has 1 fully saturated rings. The first kappa shape index (κ1) is 15.7. The lowest BCUT2D eigenvalue weighted by Gasteiger charge is -2.25. The molecule has 1 rings (SSSR count). The van der Waals surface area contributed by atoms with Crippen LogP contribution in [-0.4, -0.2) is 36.6 Å². The van der Waals surface area contributed by atoms with E-state index in [1.807, 2.05) is 0 Å². The van der Waals surface area contributed by atoms with Crippen LogP contribution in [0.2, 0.25) is 0 Å². The van der Waals surface area contributed by atoms with E-state index < -0.39 is 34.1 Å². The topological polar surface area (TPSA) is 72.9 Å². The Hall–Kier alpha value is -1.34. The molecule has 0 aliphatic carbocycles. The first-order valence-electron chi connectivity index (χ1n) is 5.81. The summed E-state index contributed by atoms with van der Waals surface area (Å²) in [6.07, 6.45) is 1.48. The van der Waals surface area contributed by atoms with Crippen LogP contribution in [0.15, 0.2) is 25.3 Å². The third-order valence-corrected chi connectivity index (χ3v) is 3.72. The number of nitrogens with zero attached hydrogens (tertiary/aromatic N) is 1. The molecule has 108 valence electrons. The molecule has 0 aromatic rings. The van der Waals surface area contributed by atoms with Gasteiger partial charge in [0.05, 0.1) is 6.04 Å². The zero-order chi connectivity index (χ0) is 14.8. The zero-order valence-electron chi connectivity index (χ0n) is 11.3. The summed E-state index contributed by atoms with van der Waals surface area (Å²) in [5.41, 5.74) is -0.797. The maximum absolute atomic E-state index is 12.0. The van der Waals surface area contributed by atoms with Gasteiger partial charge in [-0.2, -0.15) is 12.7 Å². The molecule has 0 unspecified atom stereocenters. The van der Waals surface area contributed by atoms with Crippen LogP contribution in [0.3, 0.4) is 0 Å². The normalized spacial score (nSPS) is 25.9. The lowest BCUT2D eigenvalue weighted by Crippen LogP contribution is -2.43. The van der Waals surface area contributed by atoms with Crippen LogP contribution >= 0.6 is 0 Å². The third kappa shape index (κ3) is 3.57. The number of ether oxygens (including phenoxy) is 1. The second-order valence-corrected chi connectivity index (χ2v) is 6.56. The number of rotatable bonds is 3. The molecule has 6 nitrogen and oxygen atoms in total.